The molecule has 1 aliphatic heterocycles. The quantitative estimate of drug-likeness (QED) is 0.704. The second kappa shape index (κ2) is 6.66. The molecular weight excluding hydrogens is 398 g/mol. The summed E-state index contributed by atoms with van der Waals surface area (Å²) in [4.78, 5) is 5.35. The Bertz CT molecular complexity index is 1060. The number of anilines is 1. The monoisotopic (exact) mass is 411 g/mol. The second-order valence-electron chi connectivity index (χ2n) is 5.72. The Morgan fingerprint density at radius 3 is 2.73 bits per heavy atom. The molecule has 2 aromatic heterocycles. The first-order valence-corrected chi connectivity index (χ1v) is 10.4. The first kappa shape index (κ1) is 17.5. The third-order valence-corrected chi connectivity index (χ3v) is 6.78. The van der Waals surface area contributed by atoms with Crippen LogP contribution in [0.2, 0.25) is 5.02 Å². The molecule has 0 spiro atoms. The maximum Gasteiger partial charge on any atom is 0.262 e. The van der Waals surface area contributed by atoms with Gasteiger partial charge in [0.15, 0.2) is 5.82 Å². The molecule has 4 rings (SSSR count). The van der Waals surface area contributed by atoms with Crippen molar-refractivity contribution in [3.8, 4) is 11.5 Å². The summed E-state index contributed by atoms with van der Waals surface area (Å²) in [7, 11) is -3.78. The molecule has 1 aliphatic rings. The van der Waals surface area contributed by atoms with Crippen molar-refractivity contribution in [2.75, 3.05) is 11.3 Å². The summed E-state index contributed by atoms with van der Waals surface area (Å²) in [6.45, 7) is 2.71. The van der Waals surface area contributed by atoms with Crippen LogP contribution in [0, 0.1) is 6.92 Å². The summed E-state index contributed by atoms with van der Waals surface area (Å²) >= 11 is 7.17. The lowest BCUT2D eigenvalue weighted by molar-refractivity contribution is 0.113. The Morgan fingerprint density at radius 2 is 2.04 bits per heavy atom. The lowest BCUT2D eigenvalue weighted by Gasteiger charge is -2.12. The number of nitrogens with one attached hydrogen (secondary N) is 1. The SMILES string of the molecule is Cc1noc(-c2c(NS(=O)(=O)c3ccc(Cl)cc3)sc3c2CCOC3)n1. The molecule has 0 unspecified atom stereocenters. The van der Waals surface area contributed by atoms with Gasteiger partial charge in [-0.05, 0) is 43.2 Å². The lowest BCUT2D eigenvalue weighted by atomic mass is 10.1. The van der Waals surface area contributed by atoms with E-state index in [0.717, 1.165) is 10.4 Å². The average Bonchev–Trinajstić information content (AvgIpc) is 3.17. The van der Waals surface area contributed by atoms with Crippen LogP contribution in [-0.4, -0.2) is 25.2 Å². The molecule has 10 heteroatoms. The lowest BCUT2D eigenvalue weighted by Crippen LogP contribution is -2.13. The third kappa shape index (κ3) is 3.23. The first-order chi connectivity index (χ1) is 12.4. The standard InChI is InChI=1S/C16H14ClN3O4S2/c1-9-18-15(24-19-9)14-12-6-7-23-8-13(12)25-16(14)20-26(21,22)11-4-2-10(17)3-5-11/h2-5,20H,6-8H2,1H3. The van der Waals surface area contributed by atoms with Crippen LogP contribution >= 0.6 is 22.9 Å². The first-order valence-electron chi connectivity index (χ1n) is 7.75. The highest BCUT2D eigenvalue weighted by Gasteiger charge is 2.28. The highest BCUT2D eigenvalue weighted by molar-refractivity contribution is 7.93. The highest BCUT2D eigenvalue weighted by Crippen LogP contribution is 2.43. The van der Waals surface area contributed by atoms with E-state index in [1.807, 2.05) is 0 Å². The minimum absolute atomic E-state index is 0.122. The van der Waals surface area contributed by atoms with Crippen LogP contribution in [-0.2, 0) is 27.8 Å². The van der Waals surface area contributed by atoms with E-state index in [9.17, 15) is 8.42 Å². The van der Waals surface area contributed by atoms with E-state index in [4.69, 9.17) is 20.9 Å². The van der Waals surface area contributed by atoms with E-state index in [2.05, 4.69) is 14.9 Å². The van der Waals surface area contributed by atoms with Gasteiger partial charge in [-0.3, -0.25) is 4.72 Å². The van der Waals surface area contributed by atoms with E-state index in [-0.39, 0.29) is 4.90 Å². The number of ether oxygens (including phenoxy) is 1. The van der Waals surface area contributed by atoms with Crippen LogP contribution in [0.4, 0.5) is 5.00 Å². The molecule has 3 aromatic rings. The van der Waals surface area contributed by atoms with Crippen LogP contribution in [0.25, 0.3) is 11.5 Å². The highest BCUT2D eigenvalue weighted by atomic mass is 35.5. The molecule has 7 nitrogen and oxygen atoms in total. The number of fused-ring (bicyclic) bond motifs is 1. The fourth-order valence-electron chi connectivity index (χ4n) is 2.72. The summed E-state index contributed by atoms with van der Waals surface area (Å²) < 4.78 is 39.0. The summed E-state index contributed by atoms with van der Waals surface area (Å²) in [6, 6.07) is 5.98. The molecule has 1 N–H and O–H groups in total. The third-order valence-electron chi connectivity index (χ3n) is 3.91. The number of aromatic nitrogens is 2. The molecule has 0 fully saturated rings. The molecule has 0 aliphatic carbocycles. The molecule has 26 heavy (non-hydrogen) atoms. The Balaban J connectivity index is 1.79. The van der Waals surface area contributed by atoms with E-state index < -0.39 is 10.0 Å². The van der Waals surface area contributed by atoms with Gasteiger partial charge in [-0.1, -0.05) is 16.8 Å². The van der Waals surface area contributed by atoms with Gasteiger partial charge < -0.3 is 9.26 Å². The number of aryl methyl sites for hydroxylation is 1. The molecule has 0 amide bonds. The maximum atomic E-state index is 12.8. The van der Waals surface area contributed by atoms with Crippen molar-refractivity contribution in [2.45, 2.75) is 24.8 Å². The van der Waals surface area contributed by atoms with Gasteiger partial charge in [0.25, 0.3) is 15.9 Å². The van der Waals surface area contributed by atoms with Gasteiger partial charge in [0.1, 0.15) is 5.00 Å². The zero-order valence-electron chi connectivity index (χ0n) is 13.7. The number of halogens is 1. The Hall–Kier alpha value is -1.94. The molecule has 0 saturated heterocycles. The summed E-state index contributed by atoms with van der Waals surface area (Å²) in [6.07, 6.45) is 0.658. The van der Waals surface area contributed by atoms with Crippen molar-refractivity contribution >= 4 is 38.0 Å². The van der Waals surface area contributed by atoms with E-state index in [1.165, 1.54) is 35.6 Å². The predicted octanol–water partition coefficient (Wildman–Crippen LogP) is 3.63. The molecule has 0 saturated carbocycles. The second-order valence-corrected chi connectivity index (χ2v) is 8.94. The van der Waals surface area contributed by atoms with Gasteiger partial charge in [0, 0.05) is 9.90 Å². The zero-order chi connectivity index (χ0) is 18.3. The van der Waals surface area contributed by atoms with Crippen molar-refractivity contribution in [1.29, 1.82) is 0 Å². The summed E-state index contributed by atoms with van der Waals surface area (Å²) in [5, 5.41) is 4.73. The maximum absolute atomic E-state index is 12.8. The van der Waals surface area contributed by atoms with E-state index in [0.29, 0.717) is 46.9 Å². The van der Waals surface area contributed by atoms with Crippen molar-refractivity contribution in [1.82, 2.24) is 10.1 Å². The number of nitrogens with zero attached hydrogens (tertiary/aromatic N) is 2. The molecule has 0 bridgehead atoms. The summed E-state index contributed by atoms with van der Waals surface area (Å²) in [5.41, 5.74) is 1.62. The minimum atomic E-state index is -3.78. The molecular formula is C16H14ClN3O4S2. The predicted molar refractivity (Wildman–Crippen MR) is 98.0 cm³/mol. The van der Waals surface area contributed by atoms with Gasteiger partial charge in [-0.2, -0.15) is 4.98 Å². The smallest absolute Gasteiger partial charge is 0.262 e. The molecule has 0 atom stereocenters. The number of hydrogen-bond donors (Lipinski definition) is 1. The van der Waals surface area contributed by atoms with Crippen LogP contribution in [0.15, 0.2) is 33.7 Å². The van der Waals surface area contributed by atoms with Crippen LogP contribution in [0.1, 0.15) is 16.3 Å². The van der Waals surface area contributed by atoms with Gasteiger partial charge in [0.2, 0.25) is 0 Å². The number of rotatable bonds is 4. The Morgan fingerprint density at radius 1 is 1.27 bits per heavy atom. The zero-order valence-corrected chi connectivity index (χ0v) is 16.0. The number of thiophene rings is 1. The molecule has 1 aromatic carbocycles. The Labute approximate surface area is 159 Å². The van der Waals surface area contributed by atoms with Gasteiger partial charge in [-0.15, -0.1) is 11.3 Å². The normalized spacial score (nSPS) is 14.2. The van der Waals surface area contributed by atoms with Crippen LogP contribution in [0.5, 0.6) is 0 Å². The van der Waals surface area contributed by atoms with Gasteiger partial charge >= 0.3 is 0 Å². The summed E-state index contributed by atoms with van der Waals surface area (Å²) in [5.74, 6) is 0.786. The van der Waals surface area contributed by atoms with E-state index in [1.54, 1.807) is 6.92 Å². The van der Waals surface area contributed by atoms with Gasteiger partial charge in [-0.25, -0.2) is 8.42 Å². The molecule has 3 heterocycles. The fourth-order valence-corrected chi connectivity index (χ4v) is 5.33. The van der Waals surface area contributed by atoms with Crippen LogP contribution < -0.4 is 4.72 Å². The number of benzene rings is 1. The van der Waals surface area contributed by atoms with E-state index >= 15 is 0 Å². The average molecular weight is 412 g/mol. The van der Waals surface area contributed by atoms with Crippen LogP contribution in [0.3, 0.4) is 0 Å². The molecule has 136 valence electrons. The minimum Gasteiger partial charge on any atom is -0.376 e. The number of hydrogen-bond acceptors (Lipinski definition) is 7. The molecule has 0 radical (unpaired) electrons. The topological polar surface area (TPSA) is 94.3 Å². The van der Waals surface area contributed by atoms with Crippen molar-refractivity contribution < 1.29 is 17.7 Å². The number of sulfonamides is 1. The van der Waals surface area contributed by atoms with Gasteiger partial charge in [0.05, 0.1) is 23.7 Å². The Kier molecular flexibility index (Phi) is 4.47. The largest absolute Gasteiger partial charge is 0.376 e. The van der Waals surface area contributed by atoms with Crippen molar-refractivity contribution in [2.24, 2.45) is 0 Å². The fraction of sp³-hybridized carbons (Fsp3) is 0.250. The van der Waals surface area contributed by atoms with Crippen molar-refractivity contribution in [3.05, 3.63) is 45.6 Å². The van der Waals surface area contributed by atoms with Crippen molar-refractivity contribution in [3.63, 3.8) is 0 Å².